The van der Waals surface area contributed by atoms with Gasteiger partial charge in [0.05, 0.1) is 0 Å². The Balaban J connectivity index is 2.45. The topological polar surface area (TPSA) is 0 Å². The van der Waals surface area contributed by atoms with Gasteiger partial charge in [-0.3, -0.25) is 0 Å². The third-order valence-electron chi connectivity index (χ3n) is 3.19. The lowest BCUT2D eigenvalue weighted by Gasteiger charge is -2.18. The molecule has 0 N–H and O–H groups in total. The van der Waals surface area contributed by atoms with E-state index in [0.29, 0.717) is 0 Å². The van der Waals surface area contributed by atoms with Gasteiger partial charge < -0.3 is 0 Å². The second kappa shape index (κ2) is 5.91. The highest BCUT2D eigenvalue weighted by atomic mass is 79.9. The first-order valence-electron chi connectivity index (χ1n) is 5.91. The molecule has 0 aromatic heterocycles. The second-order valence-electron chi connectivity index (χ2n) is 4.35. The summed E-state index contributed by atoms with van der Waals surface area (Å²) in [7, 11) is 0. The lowest BCUT2D eigenvalue weighted by molar-refractivity contribution is 1.56. The van der Waals surface area contributed by atoms with Crippen LogP contribution in [0.3, 0.4) is 0 Å². The summed E-state index contributed by atoms with van der Waals surface area (Å²) in [5, 5.41) is 0. The molecule has 2 aromatic rings. The normalized spacial score (nSPS) is 21.8. The molecule has 0 unspecified atom stereocenters. The second-order valence-corrected chi connectivity index (χ2v) is 7.52. The Hall–Kier alpha value is -0.160. The molecule has 0 spiro atoms. The van der Waals surface area contributed by atoms with Crippen molar-refractivity contribution in [2.24, 2.45) is 0 Å². The van der Waals surface area contributed by atoms with E-state index in [1.54, 1.807) is 0 Å². The van der Waals surface area contributed by atoms with Gasteiger partial charge in [0.15, 0.2) is 0 Å². The fraction of sp³-hybridized carbons (Fsp3) is 0. The minimum Gasteiger partial charge on any atom is -0.0616 e. The van der Waals surface area contributed by atoms with Crippen LogP contribution in [0.25, 0.3) is 17.9 Å². The molecule has 0 bridgehead atoms. The van der Waals surface area contributed by atoms with Gasteiger partial charge >= 0.3 is 0 Å². The van der Waals surface area contributed by atoms with E-state index in [9.17, 15) is 0 Å². The smallest absolute Gasteiger partial charge is 0.0402 e. The molecule has 1 aliphatic carbocycles. The van der Waals surface area contributed by atoms with Gasteiger partial charge in [-0.15, -0.1) is 0 Å². The first-order valence-corrected chi connectivity index (χ1v) is 9.08. The van der Waals surface area contributed by atoms with Crippen molar-refractivity contribution < 1.29 is 0 Å². The number of rotatable bonds is 0. The van der Waals surface area contributed by atoms with Gasteiger partial charge in [-0.2, -0.15) is 0 Å². The largest absolute Gasteiger partial charge is 0.0616 e. The van der Waals surface area contributed by atoms with Crippen LogP contribution in [0.1, 0.15) is 22.3 Å². The summed E-state index contributed by atoms with van der Waals surface area (Å²) in [5.41, 5.74) is 4.60. The van der Waals surface area contributed by atoms with E-state index in [4.69, 9.17) is 0 Å². The molecule has 0 heterocycles. The Labute approximate surface area is 151 Å². The van der Waals surface area contributed by atoms with Gasteiger partial charge in [-0.05, 0) is 86.0 Å². The molecule has 0 nitrogen and oxygen atoms in total. The van der Waals surface area contributed by atoms with Gasteiger partial charge in [0.25, 0.3) is 0 Å². The summed E-state index contributed by atoms with van der Waals surface area (Å²) < 4.78 is 4.21. The van der Waals surface area contributed by atoms with Crippen LogP contribution in [0.2, 0.25) is 0 Å². The molecule has 0 saturated heterocycles. The van der Waals surface area contributed by atoms with E-state index in [2.05, 4.69) is 88.0 Å². The van der Waals surface area contributed by atoms with Gasteiger partial charge in [0.1, 0.15) is 0 Å². The van der Waals surface area contributed by atoms with Crippen LogP contribution in [-0.2, 0) is 0 Å². The standard InChI is InChI=1S/C16H8Br4/c17-13-9-5-1-2-6-10(9)14(18)16(20)12-8-4-3-7-11(12)15(13)19/h1-8H/b13-9?,14-10?,15-11?,15-13-,16-12?,16-14-. The molecule has 0 saturated carbocycles. The first kappa shape index (κ1) is 14.8. The molecule has 3 rings (SSSR count). The van der Waals surface area contributed by atoms with Crippen molar-refractivity contribution in [2.75, 3.05) is 0 Å². The van der Waals surface area contributed by atoms with Gasteiger partial charge in [0, 0.05) is 17.9 Å². The Morgan fingerprint density at radius 3 is 0.800 bits per heavy atom. The van der Waals surface area contributed by atoms with Crippen molar-refractivity contribution in [2.45, 2.75) is 0 Å². The summed E-state index contributed by atoms with van der Waals surface area (Å²) in [4.78, 5) is 0. The van der Waals surface area contributed by atoms with E-state index in [1.165, 1.54) is 0 Å². The van der Waals surface area contributed by atoms with Crippen LogP contribution in [0, 0.1) is 0 Å². The van der Waals surface area contributed by atoms with E-state index in [1.807, 2.05) is 24.3 Å². The van der Waals surface area contributed by atoms with Crippen LogP contribution >= 0.6 is 63.7 Å². The molecule has 0 radical (unpaired) electrons. The molecule has 0 fully saturated rings. The Kier molecular flexibility index (Phi) is 4.37. The summed E-state index contributed by atoms with van der Waals surface area (Å²) >= 11 is 14.9. The zero-order valence-electron chi connectivity index (χ0n) is 10.1. The van der Waals surface area contributed by atoms with Crippen LogP contribution in [0.5, 0.6) is 0 Å². The van der Waals surface area contributed by atoms with Crippen molar-refractivity contribution >= 4 is 81.6 Å². The molecule has 0 aliphatic heterocycles. The Bertz CT molecular complexity index is 629. The Morgan fingerprint density at radius 2 is 0.600 bits per heavy atom. The fourth-order valence-corrected chi connectivity index (χ4v) is 4.44. The maximum absolute atomic E-state index is 3.73. The molecule has 2 aromatic carbocycles. The van der Waals surface area contributed by atoms with Crippen molar-refractivity contribution in [3.05, 3.63) is 70.8 Å². The van der Waals surface area contributed by atoms with Crippen LogP contribution < -0.4 is 0 Å². The van der Waals surface area contributed by atoms with E-state index < -0.39 is 0 Å². The fourth-order valence-electron chi connectivity index (χ4n) is 2.20. The minimum atomic E-state index is 1.05. The van der Waals surface area contributed by atoms with Gasteiger partial charge in [-0.1, -0.05) is 48.5 Å². The predicted molar refractivity (Wildman–Crippen MR) is 102 cm³/mol. The molecule has 1 aliphatic rings. The monoisotopic (exact) mass is 516 g/mol. The summed E-state index contributed by atoms with van der Waals surface area (Å²) in [5.74, 6) is 0. The first-order chi connectivity index (χ1) is 9.61. The van der Waals surface area contributed by atoms with Crippen molar-refractivity contribution in [3.8, 4) is 0 Å². The molecular formula is C16H8Br4. The number of fused-ring (bicyclic) bond motifs is 2. The van der Waals surface area contributed by atoms with E-state index in [-0.39, 0.29) is 0 Å². The predicted octanol–water partition coefficient (Wildman–Crippen LogP) is 7.23. The maximum Gasteiger partial charge on any atom is 0.0402 e. The third-order valence-corrected chi connectivity index (χ3v) is 7.54. The summed E-state index contributed by atoms with van der Waals surface area (Å²) in [6, 6.07) is 16.6. The SMILES string of the molecule is Br/C1=C(\Br)c2ccccc2/C(Br)=C(/Br)c2ccccc21. The quantitative estimate of drug-likeness (QED) is 0.344. The zero-order valence-corrected chi connectivity index (χ0v) is 16.5. The highest BCUT2D eigenvalue weighted by Crippen LogP contribution is 2.47. The molecule has 0 atom stereocenters. The molecule has 20 heavy (non-hydrogen) atoms. The molecule has 0 amide bonds. The van der Waals surface area contributed by atoms with Crippen molar-refractivity contribution in [1.29, 1.82) is 0 Å². The van der Waals surface area contributed by atoms with Crippen LogP contribution in [-0.4, -0.2) is 0 Å². The lowest BCUT2D eigenvalue weighted by atomic mass is 9.98. The highest BCUT2D eigenvalue weighted by Gasteiger charge is 2.20. The summed E-state index contributed by atoms with van der Waals surface area (Å²) in [6.07, 6.45) is 0. The van der Waals surface area contributed by atoms with Gasteiger partial charge in [0.2, 0.25) is 0 Å². The number of halogens is 4. The van der Waals surface area contributed by atoms with Crippen LogP contribution in [0.15, 0.2) is 48.5 Å². The lowest BCUT2D eigenvalue weighted by Crippen LogP contribution is -1.96. The minimum absolute atomic E-state index is 1.05. The Morgan fingerprint density at radius 1 is 0.400 bits per heavy atom. The summed E-state index contributed by atoms with van der Waals surface area (Å²) in [6.45, 7) is 0. The van der Waals surface area contributed by atoms with E-state index in [0.717, 1.165) is 40.2 Å². The zero-order chi connectivity index (χ0) is 14.3. The third kappa shape index (κ3) is 2.41. The molecule has 4 heteroatoms. The number of hydrogen-bond acceptors (Lipinski definition) is 0. The number of hydrogen-bond donors (Lipinski definition) is 0. The number of benzene rings is 2. The van der Waals surface area contributed by atoms with E-state index >= 15 is 0 Å². The van der Waals surface area contributed by atoms with Crippen molar-refractivity contribution in [3.63, 3.8) is 0 Å². The average Bonchev–Trinajstić information content (AvgIpc) is 2.51. The van der Waals surface area contributed by atoms with Crippen molar-refractivity contribution in [1.82, 2.24) is 0 Å². The highest BCUT2D eigenvalue weighted by molar-refractivity contribution is 9.18. The molecular weight excluding hydrogens is 512 g/mol. The van der Waals surface area contributed by atoms with Gasteiger partial charge in [-0.25, -0.2) is 0 Å². The maximum atomic E-state index is 3.73. The average molecular weight is 520 g/mol. The molecule has 100 valence electrons. The van der Waals surface area contributed by atoms with Crippen LogP contribution in [0.4, 0.5) is 0 Å².